The fraction of sp³-hybridized carbons (Fsp3) is 0.333. The highest BCUT2D eigenvalue weighted by atomic mass is 19.1. The Labute approximate surface area is 218 Å². The fourth-order valence-corrected chi connectivity index (χ4v) is 4.97. The van der Waals surface area contributed by atoms with Gasteiger partial charge >= 0.3 is 0 Å². The molecule has 6 rings (SSSR count). The van der Waals surface area contributed by atoms with Crippen molar-refractivity contribution in [1.29, 1.82) is 0 Å². The van der Waals surface area contributed by atoms with Crippen LogP contribution in [0.1, 0.15) is 39.5 Å². The number of H-pyrrole nitrogens is 2. The summed E-state index contributed by atoms with van der Waals surface area (Å²) < 4.78 is 16.0. The fourth-order valence-electron chi connectivity index (χ4n) is 4.97. The first-order valence-electron chi connectivity index (χ1n) is 12.8. The molecule has 11 heteroatoms. The first kappa shape index (κ1) is 24.0. The predicted molar refractivity (Wildman–Crippen MR) is 144 cm³/mol. The summed E-state index contributed by atoms with van der Waals surface area (Å²) in [6, 6.07) is 1.67. The van der Waals surface area contributed by atoms with E-state index < -0.39 is 5.82 Å². The average Bonchev–Trinajstić information content (AvgIpc) is 3.54. The average molecular weight is 514 g/mol. The molecule has 0 unspecified atom stereocenters. The molecule has 1 amide bonds. The molecular formula is C27H28FN9O. The van der Waals surface area contributed by atoms with Crippen LogP contribution in [0.4, 0.5) is 15.8 Å². The van der Waals surface area contributed by atoms with Crippen molar-refractivity contribution in [3.63, 3.8) is 0 Å². The second-order valence-corrected chi connectivity index (χ2v) is 10.1. The van der Waals surface area contributed by atoms with Gasteiger partial charge in [0.2, 0.25) is 5.91 Å². The van der Waals surface area contributed by atoms with Crippen LogP contribution in [-0.2, 0) is 4.79 Å². The van der Waals surface area contributed by atoms with Crippen molar-refractivity contribution in [2.75, 3.05) is 23.3 Å². The van der Waals surface area contributed by atoms with E-state index in [9.17, 15) is 4.79 Å². The summed E-state index contributed by atoms with van der Waals surface area (Å²) in [4.78, 5) is 35.5. The lowest BCUT2D eigenvalue weighted by molar-refractivity contribution is -0.116. The highest BCUT2D eigenvalue weighted by Gasteiger charge is 2.22. The van der Waals surface area contributed by atoms with Gasteiger partial charge in [0, 0.05) is 31.3 Å². The van der Waals surface area contributed by atoms with Crippen molar-refractivity contribution in [3.05, 3.63) is 42.9 Å². The minimum absolute atomic E-state index is 0.111. The Morgan fingerprint density at radius 1 is 1.05 bits per heavy atom. The quantitative estimate of drug-likeness (QED) is 0.289. The maximum absolute atomic E-state index is 16.0. The Hall–Kier alpha value is -4.41. The van der Waals surface area contributed by atoms with Crippen LogP contribution in [0, 0.1) is 11.7 Å². The van der Waals surface area contributed by atoms with E-state index in [2.05, 4.69) is 40.3 Å². The van der Waals surface area contributed by atoms with Gasteiger partial charge in [-0.2, -0.15) is 5.10 Å². The van der Waals surface area contributed by atoms with E-state index in [4.69, 9.17) is 4.98 Å². The zero-order valence-corrected chi connectivity index (χ0v) is 21.3. The lowest BCUT2D eigenvalue weighted by Gasteiger charge is -2.28. The van der Waals surface area contributed by atoms with E-state index in [0.29, 0.717) is 34.7 Å². The van der Waals surface area contributed by atoms with E-state index in [1.807, 2.05) is 20.0 Å². The van der Waals surface area contributed by atoms with Gasteiger partial charge in [0.05, 0.1) is 52.6 Å². The third kappa shape index (κ3) is 4.44. The number of anilines is 2. The van der Waals surface area contributed by atoms with Crippen molar-refractivity contribution in [2.24, 2.45) is 5.92 Å². The van der Waals surface area contributed by atoms with Crippen LogP contribution >= 0.6 is 0 Å². The van der Waals surface area contributed by atoms with Gasteiger partial charge in [0.25, 0.3) is 0 Å². The summed E-state index contributed by atoms with van der Waals surface area (Å²) in [5, 5.41) is 10.3. The van der Waals surface area contributed by atoms with Crippen molar-refractivity contribution < 1.29 is 9.18 Å². The topological polar surface area (TPSA) is 128 Å². The summed E-state index contributed by atoms with van der Waals surface area (Å²) in [5.41, 5.74) is 4.37. The number of fused-ring (bicyclic) bond motifs is 2. The number of aromatic amines is 2. The maximum Gasteiger partial charge on any atom is 0.224 e. The first-order valence-corrected chi connectivity index (χ1v) is 12.8. The van der Waals surface area contributed by atoms with E-state index in [1.54, 1.807) is 12.3 Å². The van der Waals surface area contributed by atoms with E-state index in [0.717, 1.165) is 42.7 Å². The molecule has 1 aliphatic heterocycles. The second-order valence-electron chi connectivity index (χ2n) is 10.1. The summed E-state index contributed by atoms with van der Waals surface area (Å²) >= 11 is 0. The predicted octanol–water partition coefficient (Wildman–Crippen LogP) is 5.07. The van der Waals surface area contributed by atoms with Gasteiger partial charge in [-0.15, -0.1) is 0 Å². The van der Waals surface area contributed by atoms with Crippen LogP contribution in [-0.4, -0.2) is 54.1 Å². The molecule has 0 radical (unpaired) electrons. The number of hydrogen-bond acceptors (Lipinski definition) is 7. The Morgan fingerprint density at radius 3 is 2.68 bits per heavy atom. The standard InChI is InChI=1S/C27H28FN9O/c1-15(2)8-21(38)32-17-9-16(10-29-11-17)24-23(28)22-18(13-31-24)35-36-26(22)27-33-19-12-30-14-20(25(19)34-27)37-6-4-3-5-7-37/h9-15H,3-8H2,1-2H3,(H,32,38)(H,33,34)(H,35,36). The third-order valence-corrected chi connectivity index (χ3v) is 6.73. The number of carbonyl (C=O) groups excluding carboxylic acids is 1. The van der Waals surface area contributed by atoms with Crippen LogP contribution < -0.4 is 10.2 Å². The molecule has 1 saturated heterocycles. The van der Waals surface area contributed by atoms with Gasteiger partial charge in [-0.1, -0.05) is 13.8 Å². The molecular weight excluding hydrogens is 485 g/mol. The smallest absolute Gasteiger partial charge is 0.224 e. The number of aromatic nitrogens is 7. The molecule has 194 valence electrons. The van der Waals surface area contributed by atoms with Gasteiger partial charge in [-0.25, -0.2) is 9.37 Å². The number of nitrogens with zero attached hydrogens (tertiary/aromatic N) is 6. The third-order valence-electron chi connectivity index (χ3n) is 6.73. The van der Waals surface area contributed by atoms with Crippen LogP contribution in [0.15, 0.2) is 37.1 Å². The van der Waals surface area contributed by atoms with Crippen LogP contribution in [0.2, 0.25) is 0 Å². The van der Waals surface area contributed by atoms with Crippen LogP contribution in [0.25, 0.3) is 44.7 Å². The molecule has 10 nitrogen and oxygen atoms in total. The van der Waals surface area contributed by atoms with Gasteiger partial charge < -0.3 is 15.2 Å². The molecule has 3 N–H and O–H groups in total. The number of hydrogen-bond donors (Lipinski definition) is 3. The summed E-state index contributed by atoms with van der Waals surface area (Å²) in [7, 11) is 0. The Balaban J connectivity index is 1.39. The van der Waals surface area contributed by atoms with Gasteiger partial charge in [-0.05, 0) is 31.2 Å². The van der Waals surface area contributed by atoms with Crippen molar-refractivity contribution in [2.45, 2.75) is 39.5 Å². The molecule has 0 aromatic carbocycles. The Morgan fingerprint density at radius 2 is 1.87 bits per heavy atom. The maximum atomic E-state index is 16.0. The zero-order chi connectivity index (χ0) is 26.2. The highest BCUT2D eigenvalue weighted by molar-refractivity contribution is 5.97. The number of nitrogens with one attached hydrogen (secondary N) is 3. The number of imidazole rings is 1. The lowest BCUT2D eigenvalue weighted by Crippen LogP contribution is -2.29. The molecule has 0 atom stereocenters. The lowest BCUT2D eigenvalue weighted by atomic mass is 10.1. The number of halogens is 1. The van der Waals surface area contributed by atoms with Crippen molar-refractivity contribution in [3.8, 4) is 22.8 Å². The monoisotopic (exact) mass is 513 g/mol. The molecule has 0 saturated carbocycles. The number of piperidine rings is 1. The molecule has 5 aromatic rings. The van der Waals surface area contributed by atoms with Gasteiger partial charge in [0.15, 0.2) is 11.6 Å². The van der Waals surface area contributed by atoms with Crippen LogP contribution in [0.3, 0.4) is 0 Å². The number of carbonyl (C=O) groups is 1. The van der Waals surface area contributed by atoms with Crippen LogP contribution in [0.5, 0.6) is 0 Å². The molecule has 1 fully saturated rings. The summed E-state index contributed by atoms with van der Waals surface area (Å²) in [6.07, 6.45) is 12.0. The van der Waals surface area contributed by atoms with E-state index >= 15 is 4.39 Å². The largest absolute Gasteiger partial charge is 0.368 e. The Kier molecular flexibility index (Phi) is 6.18. The first-order chi connectivity index (χ1) is 18.5. The van der Waals surface area contributed by atoms with E-state index in [1.165, 1.54) is 25.0 Å². The van der Waals surface area contributed by atoms with Crippen molar-refractivity contribution in [1.82, 2.24) is 35.1 Å². The van der Waals surface area contributed by atoms with Gasteiger partial charge in [0.1, 0.15) is 16.9 Å². The molecule has 0 aliphatic carbocycles. The Bertz CT molecular complexity index is 1630. The van der Waals surface area contributed by atoms with E-state index in [-0.39, 0.29) is 22.9 Å². The molecule has 0 spiro atoms. The highest BCUT2D eigenvalue weighted by Crippen LogP contribution is 2.34. The number of rotatable bonds is 6. The van der Waals surface area contributed by atoms with Crippen molar-refractivity contribution >= 4 is 39.2 Å². The SMILES string of the molecule is CC(C)CC(=O)Nc1cncc(-c2ncc3[nH]nc(-c4nc5c(N6CCCCC6)cncc5[nH]4)c3c2F)c1. The van der Waals surface area contributed by atoms with Gasteiger partial charge in [-0.3, -0.25) is 24.8 Å². The number of pyridine rings is 3. The normalized spacial score (nSPS) is 14.1. The molecule has 1 aliphatic rings. The minimum atomic E-state index is -0.548. The molecule has 6 heterocycles. The summed E-state index contributed by atoms with van der Waals surface area (Å²) in [6.45, 7) is 5.86. The number of amides is 1. The summed E-state index contributed by atoms with van der Waals surface area (Å²) in [5.74, 6) is -0.00434. The zero-order valence-electron chi connectivity index (χ0n) is 21.3. The molecule has 0 bridgehead atoms. The second kappa shape index (κ2) is 9.81. The molecule has 38 heavy (non-hydrogen) atoms. The molecule has 5 aromatic heterocycles. The minimum Gasteiger partial charge on any atom is -0.368 e.